The number of benzene rings is 1. The van der Waals surface area contributed by atoms with Crippen molar-refractivity contribution in [1.29, 1.82) is 0 Å². The number of Topliss-reactive ketones (excluding diaryl/α,β-unsaturated/α-hetero) is 1. The average molecular weight is 226 g/mol. The van der Waals surface area contributed by atoms with Gasteiger partial charge in [-0.2, -0.15) is 5.10 Å². The highest BCUT2D eigenvalue weighted by Crippen LogP contribution is 2.31. The van der Waals surface area contributed by atoms with Crippen molar-refractivity contribution in [3.05, 3.63) is 48.3 Å². The van der Waals surface area contributed by atoms with Gasteiger partial charge in [-0.3, -0.25) is 4.79 Å². The Hall–Kier alpha value is -1.90. The number of hydrogen-bond acceptors (Lipinski definition) is 2. The van der Waals surface area contributed by atoms with Crippen molar-refractivity contribution < 1.29 is 4.79 Å². The maximum absolute atomic E-state index is 11.8. The molecule has 1 atom stereocenters. The van der Waals surface area contributed by atoms with Crippen molar-refractivity contribution in [2.24, 2.45) is 0 Å². The Bertz CT molecular complexity index is 530. The summed E-state index contributed by atoms with van der Waals surface area (Å²) >= 11 is 0. The van der Waals surface area contributed by atoms with Crippen molar-refractivity contribution in [2.45, 2.75) is 25.2 Å². The van der Waals surface area contributed by atoms with E-state index in [4.69, 9.17) is 0 Å². The molecule has 0 bridgehead atoms. The standard InChI is InChI=1S/C14H14N2O/c17-14-8-4-7-12(14)13-9-10-15-16(13)11-5-2-1-3-6-11/h1-3,5-6,9-10,12H,4,7-8H2. The van der Waals surface area contributed by atoms with Crippen molar-refractivity contribution in [2.75, 3.05) is 0 Å². The number of rotatable bonds is 2. The molecule has 2 aromatic rings. The largest absolute Gasteiger partial charge is 0.299 e. The summed E-state index contributed by atoms with van der Waals surface area (Å²) in [5.74, 6) is 0.389. The van der Waals surface area contributed by atoms with Crippen LogP contribution in [0.1, 0.15) is 30.9 Å². The number of hydrogen-bond donors (Lipinski definition) is 0. The molecule has 3 nitrogen and oxygen atoms in total. The zero-order valence-corrected chi connectivity index (χ0v) is 9.54. The highest BCUT2D eigenvalue weighted by atomic mass is 16.1. The first-order chi connectivity index (χ1) is 8.36. The number of carbonyl (C=O) groups excluding carboxylic acids is 1. The molecule has 1 saturated carbocycles. The second kappa shape index (κ2) is 4.17. The first-order valence-corrected chi connectivity index (χ1v) is 5.98. The van der Waals surface area contributed by atoms with Crippen LogP contribution in [0.2, 0.25) is 0 Å². The summed E-state index contributed by atoms with van der Waals surface area (Å²) in [7, 11) is 0. The molecule has 0 radical (unpaired) electrons. The molecule has 1 aliphatic rings. The minimum Gasteiger partial charge on any atom is -0.299 e. The van der Waals surface area contributed by atoms with Gasteiger partial charge in [-0.25, -0.2) is 4.68 Å². The van der Waals surface area contributed by atoms with Gasteiger partial charge in [-0.05, 0) is 31.0 Å². The highest BCUT2D eigenvalue weighted by molar-refractivity contribution is 5.87. The Morgan fingerprint density at radius 2 is 2.00 bits per heavy atom. The molecule has 0 saturated heterocycles. The lowest BCUT2D eigenvalue weighted by molar-refractivity contribution is -0.118. The zero-order chi connectivity index (χ0) is 11.7. The van der Waals surface area contributed by atoms with E-state index < -0.39 is 0 Å². The van der Waals surface area contributed by atoms with E-state index in [1.165, 1.54) is 0 Å². The highest BCUT2D eigenvalue weighted by Gasteiger charge is 2.28. The van der Waals surface area contributed by atoms with Crippen LogP contribution in [-0.4, -0.2) is 15.6 Å². The van der Waals surface area contributed by atoms with Crippen LogP contribution in [0.4, 0.5) is 0 Å². The second-order valence-corrected chi connectivity index (χ2v) is 4.41. The van der Waals surface area contributed by atoms with Crippen molar-refractivity contribution in [1.82, 2.24) is 9.78 Å². The maximum atomic E-state index is 11.8. The lowest BCUT2D eigenvalue weighted by Crippen LogP contribution is -2.11. The van der Waals surface area contributed by atoms with Gasteiger partial charge in [-0.15, -0.1) is 0 Å². The number of para-hydroxylation sites is 1. The topological polar surface area (TPSA) is 34.9 Å². The van der Waals surface area contributed by atoms with Gasteiger partial charge in [0.05, 0.1) is 17.3 Å². The van der Waals surface area contributed by atoms with Gasteiger partial charge in [0.2, 0.25) is 0 Å². The van der Waals surface area contributed by atoms with Gasteiger partial charge >= 0.3 is 0 Å². The lowest BCUT2D eigenvalue weighted by atomic mass is 10.0. The summed E-state index contributed by atoms with van der Waals surface area (Å²) < 4.78 is 1.88. The van der Waals surface area contributed by atoms with Gasteiger partial charge < -0.3 is 0 Å². The molecule has 1 fully saturated rings. The third kappa shape index (κ3) is 1.78. The molecular weight excluding hydrogens is 212 g/mol. The third-order valence-electron chi connectivity index (χ3n) is 3.33. The second-order valence-electron chi connectivity index (χ2n) is 4.41. The van der Waals surface area contributed by atoms with Crippen LogP contribution in [0.3, 0.4) is 0 Å². The fourth-order valence-corrected chi connectivity index (χ4v) is 2.49. The van der Waals surface area contributed by atoms with Crippen LogP contribution in [0.25, 0.3) is 5.69 Å². The summed E-state index contributed by atoms with van der Waals surface area (Å²) in [6.07, 6.45) is 4.44. The quantitative estimate of drug-likeness (QED) is 0.789. The molecule has 1 aromatic heterocycles. The van der Waals surface area contributed by atoms with E-state index in [2.05, 4.69) is 5.10 Å². The van der Waals surface area contributed by atoms with Crippen LogP contribution in [0.15, 0.2) is 42.6 Å². The first-order valence-electron chi connectivity index (χ1n) is 5.98. The molecule has 1 aliphatic carbocycles. The van der Waals surface area contributed by atoms with Gasteiger partial charge in [0.25, 0.3) is 0 Å². The lowest BCUT2D eigenvalue weighted by Gasteiger charge is -2.11. The molecule has 0 spiro atoms. The fraction of sp³-hybridized carbons (Fsp3) is 0.286. The summed E-state index contributed by atoms with van der Waals surface area (Å²) in [4.78, 5) is 11.8. The summed E-state index contributed by atoms with van der Waals surface area (Å²) in [5.41, 5.74) is 2.05. The Morgan fingerprint density at radius 1 is 1.18 bits per heavy atom. The van der Waals surface area contributed by atoms with Gasteiger partial charge in [0.15, 0.2) is 0 Å². The minimum atomic E-state index is 0.0395. The van der Waals surface area contributed by atoms with Crippen LogP contribution in [0, 0.1) is 0 Å². The minimum absolute atomic E-state index is 0.0395. The molecule has 0 aliphatic heterocycles. The van der Waals surface area contributed by atoms with E-state index in [1.54, 1.807) is 6.20 Å². The number of aromatic nitrogens is 2. The molecule has 1 aromatic carbocycles. The first kappa shape index (κ1) is 10.3. The molecule has 17 heavy (non-hydrogen) atoms. The van der Waals surface area contributed by atoms with E-state index in [0.717, 1.165) is 24.2 Å². The molecule has 86 valence electrons. The van der Waals surface area contributed by atoms with E-state index in [0.29, 0.717) is 12.2 Å². The molecule has 0 N–H and O–H groups in total. The van der Waals surface area contributed by atoms with E-state index in [1.807, 2.05) is 41.1 Å². The van der Waals surface area contributed by atoms with Crippen molar-refractivity contribution in [3.63, 3.8) is 0 Å². The fourth-order valence-electron chi connectivity index (χ4n) is 2.49. The van der Waals surface area contributed by atoms with E-state index in [9.17, 15) is 4.79 Å². The maximum Gasteiger partial charge on any atom is 0.141 e. The normalized spacial score (nSPS) is 19.8. The van der Waals surface area contributed by atoms with E-state index in [-0.39, 0.29) is 5.92 Å². The van der Waals surface area contributed by atoms with Gasteiger partial charge in [-0.1, -0.05) is 18.2 Å². The van der Waals surface area contributed by atoms with Crippen molar-refractivity contribution in [3.8, 4) is 5.69 Å². The monoisotopic (exact) mass is 226 g/mol. The molecule has 0 amide bonds. The predicted molar refractivity (Wildman–Crippen MR) is 65.2 cm³/mol. The molecule has 1 unspecified atom stereocenters. The summed E-state index contributed by atoms with van der Waals surface area (Å²) in [6, 6.07) is 11.9. The molecule has 3 heteroatoms. The zero-order valence-electron chi connectivity index (χ0n) is 9.54. The Kier molecular flexibility index (Phi) is 2.52. The predicted octanol–water partition coefficient (Wildman–Crippen LogP) is 2.71. The van der Waals surface area contributed by atoms with Crippen LogP contribution in [0.5, 0.6) is 0 Å². The SMILES string of the molecule is O=C1CCCC1c1ccnn1-c1ccccc1. The summed E-state index contributed by atoms with van der Waals surface area (Å²) in [6.45, 7) is 0. The number of carbonyl (C=O) groups is 1. The smallest absolute Gasteiger partial charge is 0.141 e. The third-order valence-corrected chi connectivity index (χ3v) is 3.33. The Balaban J connectivity index is 2.03. The molecular formula is C14H14N2O. The van der Waals surface area contributed by atoms with Gasteiger partial charge in [0, 0.05) is 12.6 Å². The van der Waals surface area contributed by atoms with Crippen LogP contribution < -0.4 is 0 Å². The van der Waals surface area contributed by atoms with E-state index >= 15 is 0 Å². The van der Waals surface area contributed by atoms with Gasteiger partial charge in [0.1, 0.15) is 5.78 Å². The van der Waals surface area contributed by atoms with Crippen molar-refractivity contribution >= 4 is 5.78 Å². The molecule has 3 rings (SSSR count). The number of nitrogens with zero attached hydrogens (tertiary/aromatic N) is 2. The van der Waals surface area contributed by atoms with Crippen LogP contribution >= 0.6 is 0 Å². The van der Waals surface area contributed by atoms with Crippen LogP contribution in [-0.2, 0) is 4.79 Å². The summed E-state index contributed by atoms with van der Waals surface area (Å²) in [5, 5.41) is 4.33. The molecule has 1 heterocycles. The Morgan fingerprint density at radius 3 is 2.71 bits per heavy atom. The Labute approximate surface area is 100 Å². The number of ketones is 1. The average Bonchev–Trinajstić information content (AvgIpc) is 2.98.